The van der Waals surface area contributed by atoms with E-state index in [0.29, 0.717) is 41.6 Å². The van der Waals surface area contributed by atoms with Crippen molar-refractivity contribution >= 4 is 29.1 Å². The number of hydrogen-bond acceptors (Lipinski definition) is 6. The predicted molar refractivity (Wildman–Crippen MR) is 108 cm³/mol. The quantitative estimate of drug-likeness (QED) is 0.671. The molecule has 1 aromatic carbocycles. The fourth-order valence-electron chi connectivity index (χ4n) is 2.99. The van der Waals surface area contributed by atoms with Gasteiger partial charge in [0, 0.05) is 18.4 Å². The van der Waals surface area contributed by atoms with Crippen molar-refractivity contribution in [2.75, 3.05) is 11.6 Å². The second-order valence-electron chi connectivity index (χ2n) is 6.32. The zero-order valence-corrected chi connectivity index (χ0v) is 17.2. The van der Waals surface area contributed by atoms with Crippen molar-refractivity contribution in [3.63, 3.8) is 0 Å². The Morgan fingerprint density at radius 2 is 1.79 bits per heavy atom. The van der Waals surface area contributed by atoms with Gasteiger partial charge in [-0.15, -0.1) is 10.2 Å². The van der Waals surface area contributed by atoms with Gasteiger partial charge in [0.2, 0.25) is 11.1 Å². The van der Waals surface area contributed by atoms with E-state index < -0.39 is 0 Å². The van der Waals surface area contributed by atoms with Gasteiger partial charge in [0.05, 0.1) is 17.2 Å². The molecule has 0 aliphatic carbocycles. The minimum Gasteiger partial charge on any atom is -0.494 e. The number of amides is 1. The van der Waals surface area contributed by atoms with Gasteiger partial charge in [-0.1, -0.05) is 13.8 Å². The number of benzene rings is 1. The van der Waals surface area contributed by atoms with E-state index >= 15 is 0 Å². The predicted octanol–water partition coefficient (Wildman–Crippen LogP) is 3.79. The maximum atomic E-state index is 13.0. The van der Waals surface area contributed by atoms with E-state index in [2.05, 4.69) is 10.2 Å². The van der Waals surface area contributed by atoms with Crippen molar-refractivity contribution in [2.45, 2.75) is 51.6 Å². The van der Waals surface area contributed by atoms with Gasteiger partial charge in [-0.05, 0) is 55.8 Å². The summed E-state index contributed by atoms with van der Waals surface area (Å²) < 4.78 is 7.15. The number of carbonyl (C=O) groups is 2. The van der Waals surface area contributed by atoms with Crippen LogP contribution in [0.2, 0.25) is 0 Å². The number of fused-ring (bicyclic) bond motifs is 1. The maximum Gasteiger partial charge on any atom is 0.246 e. The third-order valence-corrected chi connectivity index (χ3v) is 5.28. The van der Waals surface area contributed by atoms with Gasteiger partial charge in [-0.2, -0.15) is 0 Å². The smallest absolute Gasteiger partial charge is 0.246 e. The van der Waals surface area contributed by atoms with E-state index in [4.69, 9.17) is 4.74 Å². The molecule has 0 saturated carbocycles. The van der Waals surface area contributed by atoms with Crippen molar-refractivity contribution in [3.8, 4) is 5.75 Å². The third-order valence-electron chi connectivity index (χ3n) is 4.21. The lowest BCUT2D eigenvalue weighted by Gasteiger charge is -2.32. The Labute approximate surface area is 168 Å². The van der Waals surface area contributed by atoms with Crippen LogP contribution in [0.1, 0.15) is 52.0 Å². The van der Waals surface area contributed by atoms with Crippen LogP contribution in [-0.4, -0.2) is 33.2 Å². The van der Waals surface area contributed by atoms with Crippen molar-refractivity contribution in [1.29, 1.82) is 0 Å². The second-order valence-corrected chi connectivity index (χ2v) is 7.30. The monoisotopic (exact) mass is 400 g/mol. The van der Waals surface area contributed by atoms with Crippen LogP contribution >= 0.6 is 11.8 Å². The summed E-state index contributed by atoms with van der Waals surface area (Å²) in [5.74, 6) is 0.641. The number of rotatable bonds is 8. The molecule has 2 heterocycles. The molecule has 0 saturated heterocycles. The maximum absolute atomic E-state index is 13.0. The summed E-state index contributed by atoms with van der Waals surface area (Å²) in [7, 11) is 0. The Hall–Kier alpha value is -2.61. The highest BCUT2D eigenvalue weighted by Gasteiger charge is 2.34. The van der Waals surface area contributed by atoms with Gasteiger partial charge in [0.1, 0.15) is 12.1 Å². The van der Waals surface area contributed by atoms with Crippen LogP contribution in [-0.2, 0) is 9.59 Å². The molecule has 1 aliphatic heterocycles. The van der Waals surface area contributed by atoms with Crippen LogP contribution in [0.25, 0.3) is 5.70 Å². The molecule has 0 spiro atoms. The highest BCUT2D eigenvalue weighted by Crippen LogP contribution is 2.40. The van der Waals surface area contributed by atoms with E-state index in [0.717, 1.165) is 17.7 Å². The Balaban J connectivity index is 2.15. The molecular formula is C20H24N4O3S. The van der Waals surface area contributed by atoms with Gasteiger partial charge in [0.15, 0.2) is 5.78 Å². The Bertz CT molecular complexity index is 889. The van der Waals surface area contributed by atoms with E-state index in [1.54, 1.807) is 4.68 Å². The number of thioether (sulfide) groups is 1. The number of hydrogen-bond donors (Lipinski definition) is 0. The summed E-state index contributed by atoms with van der Waals surface area (Å²) >= 11 is 1.26. The van der Waals surface area contributed by atoms with E-state index in [9.17, 15) is 9.59 Å². The highest BCUT2D eigenvalue weighted by molar-refractivity contribution is 8.04. The van der Waals surface area contributed by atoms with Crippen LogP contribution in [0.4, 0.5) is 0 Å². The van der Waals surface area contributed by atoms with Crippen molar-refractivity contribution in [2.24, 2.45) is 0 Å². The molecule has 1 aromatic heterocycles. The molecule has 0 atom stereocenters. The molecule has 28 heavy (non-hydrogen) atoms. The Kier molecular flexibility index (Phi) is 6.51. The van der Waals surface area contributed by atoms with Gasteiger partial charge in [-0.3, -0.25) is 9.59 Å². The first-order chi connectivity index (χ1) is 13.6. The standard InChI is InChI=1S/C20H24N4O3S/c1-4-7-16(25)19-18(14-9-11-15(12-10-14)27-6-3)24(17(26)8-5-2)23-13-21-22-20(23)28-19/h9-13H,4-8H2,1-3H3. The number of ether oxygens (including phenoxy) is 1. The molecule has 0 N–H and O–H groups in total. The lowest BCUT2D eigenvalue weighted by molar-refractivity contribution is -0.119. The average molecular weight is 401 g/mol. The molecule has 0 fully saturated rings. The normalized spacial score (nSPS) is 13.5. The largest absolute Gasteiger partial charge is 0.494 e. The second kappa shape index (κ2) is 9.05. The summed E-state index contributed by atoms with van der Waals surface area (Å²) in [6, 6.07) is 7.45. The topological polar surface area (TPSA) is 77.3 Å². The molecule has 8 heteroatoms. The highest BCUT2D eigenvalue weighted by atomic mass is 32.2. The Morgan fingerprint density at radius 1 is 1.07 bits per heavy atom. The number of aromatic nitrogens is 3. The lowest BCUT2D eigenvalue weighted by atomic mass is 10.1. The molecule has 0 unspecified atom stereocenters. The van der Waals surface area contributed by atoms with Crippen LogP contribution in [0.3, 0.4) is 0 Å². The first kappa shape index (κ1) is 20.1. The summed E-state index contributed by atoms with van der Waals surface area (Å²) in [6.45, 7) is 6.41. The number of Topliss-reactive ketones (excluding diaryl/α,β-unsaturated/α-hetero) is 1. The number of ketones is 1. The summed E-state index contributed by atoms with van der Waals surface area (Å²) in [5.41, 5.74) is 1.36. The molecule has 7 nitrogen and oxygen atoms in total. The first-order valence-corrected chi connectivity index (χ1v) is 10.3. The average Bonchev–Trinajstić information content (AvgIpc) is 3.16. The number of allylic oxidation sites excluding steroid dienone is 1. The number of carbonyl (C=O) groups excluding carboxylic acids is 2. The van der Waals surface area contributed by atoms with Crippen molar-refractivity contribution in [3.05, 3.63) is 41.1 Å². The third kappa shape index (κ3) is 3.96. The van der Waals surface area contributed by atoms with Gasteiger partial charge in [0.25, 0.3) is 0 Å². The van der Waals surface area contributed by atoms with Crippen LogP contribution in [0, 0.1) is 0 Å². The molecule has 0 bridgehead atoms. The van der Waals surface area contributed by atoms with Crippen molar-refractivity contribution < 1.29 is 14.3 Å². The van der Waals surface area contributed by atoms with Crippen LogP contribution < -0.4 is 9.75 Å². The summed E-state index contributed by atoms with van der Waals surface area (Å²) in [4.78, 5) is 26.4. The fraction of sp³-hybridized carbons (Fsp3) is 0.400. The van der Waals surface area contributed by atoms with Gasteiger partial charge >= 0.3 is 0 Å². The van der Waals surface area contributed by atoms with Crippen molar-refractivity contribution in [1.82, 2.24) is 14.9 Å². The first-order valence-electron chi connectivity index (χ1n) is 9.52. The molecule has 1 aliphatic rings. The zero-order chi connectivity index (χ0) is 20.1. The van der Waals surface area contributed by atoms with E-state index in [1.165, 1.54) is 23.1 Å². The molecule has 2 aromatic rings. The Morgan fingerprint density at radius 3 is 2.43 bits per heavy atom. The van der Waals surface area contributed by atoms with E-state index in [1.807, 2.05) is 45.0 Å². The van der Waals surface area contributed by atoms with Gasteiger partial charge < -0.3 is 4.74 Å². The molecule has 0 radical (unpaired) electrons. The molecular weight excluding hydrogens is 376 g/mol. The van der Waals surface area contributed by atoms with Crippen LogP contribution in [0.15, 0.2) is 40.7 Å². The number of nitrogens with zero attached hydrogens (tertiary/aromatic N) is 4. The van der Waals surface area contributed by atoms with Crippen LogP contribution in [0.5, 0.6) is 5.75 Å². The SMILES string of the molecule is CCCC(=O)C1=C(c2ccc(OCC)cc2)N(C(=O)CCC)n2cnnc2S1. The minimum absolute atomic E-state index is 0.0000619. The van der Waals surface area contributed by atoms with Gasteiger partial charge in [-0.25, -0.2) is 9.69 Å². The molecule has 1 amide bonds. The zero-order valence-electron chi connectivity index (χ0n) is 16.3. The summed E-state index contributed by atoms with van der Waals surface area (Å²) in [5, 5.41) is 10.1. The lowest BCUT2D eigenvalue weighted by Crippen LogP contribution is -2.41. The molecule has 3 rings (SSSR count). The summed E-state index contributed by atoms with van der Waals surface area (Å²) in [6.07, 6.45) is 3.71. The minimum atomic E-state index is -0.102. The van der Waals surface area contributed by atoms with E-state index in [-0.39, 0.29) is 11.7 Å². The fourth-order valence-corrected chi connectivity index (χ4v) is 4.00. The molecule has 148 valence electrons.